The number of rotatable bonds is 7. The van der Waals surface area contributed by atoms with Gasteiger partial charge in [0.1, 0.15) is 5.82 Å². The Bertz CT molecular complexity index is 1020. The summed E-state index contributed by atoms with van der Waals surface area (Å²) in [4.78, 5) is 12.6. The lowest BCUT2D eigenvalue weighted by Crippen LogP contribution is -2.19. The van der Waals surface area contributed by atoms with Gasteiger partial charge >= 0.3 is 0 Å². The van der Waals surface area contributed by atoms with E-state index in [-0.39, 0.29) is 17.7 Å². The topological polar surface area (TPSA) is 77.6 Å². The van der Waals surface area contributed by atoms with E-state index in [9.17, 15) is 4.79 Å². The number of anilines is 1. The Balaban J connectivity index is 1.53. The molecule has 1 N–H and O–H groups in total. The number of benzene rings is 1. The Morgan fingerprint density at radius 3 is 2.73 bits per heavy atom. The van der Waals surface area contributed by atoms with Gasteiger partial charge in [0.2, 0.25) is 5.91 Å². The zero-order chi connectivity index (χ0) is 21.1. The second kappa shape index (κ2) is 9.22. The molecule has 0 unspecified atom stereocenters. The van der Waals surface area contributed by atoms with Gasteiger partial charge in [0.05, 0.1) is 17.0 Å². The third kappa shape index (κ3) is 4.39. The molecule has 30 heavy (non-hydrogen) atoms. The van der Waals surface area contributed by atoms with E-state index in [1.54, 1.807) is 16.9 Å². The van der Waals surface area contributed by atoms with E-state index < -0.39 is 0 Å². The second-order valence-electron chi connectivity index (χ2n) is 7.69. The summed E-state index contributed by atoms with van der Waals surface area (Å²) in [7, 11) is 0. The fourth-order valence-electron chi connectivity index (χ4n) is 3.83. The van der Waals surface area contributed by atoms with E-state index >= 15 is 0 Å². The molecule has 9 heteroatoms. The van der Waals surface area contributed by atoms with Crippen molar-refractivity contribution >= 4 is 35.1 Å². The second-order valence-corrected chi connectivity index (χ2v) is 9.04. The zero-order valence-corrected chi connectivity index (χ0v) is 18.7. The molecule has 0 bridgehead atoms. The lowest BCUT2D eigenvalue weighted by molar-refractivity contribution is -0.113. The van der Waals surface area contributed by atoms with Crippen LogP contribution in [-0.4, -0.2) is 36.2 Å². The highest BCUT2D eigenvalue weighted by atomic mass is 35.5. The van der Waals surface area contributed by atoms with Crippen LogP contribution in [0.5, 0.6) is 0 Å². The molecule has 7 nitrogen and oxygen atoms in total. The average molecular weight is 445 g/mol. The van der Waals surface area contributed by atoms with Crippen LogP contribution in [-0.2, 0) is 4.79 Å². The molecule has 0 atom stereocenters. The third-order valence-electron chi connectivity index (χ3n) is 5.23. The molecule has 1 aliphatic carbocycles. The first-order valence-corrected chi connectivity index (χ1v) is 11.6. The van der Waals surface area contributed by atoms with Crippen LogP contribution in [0.3, 0.4) is 0 Å². The van der Waals surface area contributed by atoms with E-state index in [2.05, 4.69) is 25.2 Å². The highest BCUT2D eigenvalue weighted by molar-refractivity contribution is 7.99. The molecule has 1 saturated carbocycles. The molecular weight excluding hydrogens is 420 g/mol. The molecule has 0 saturated heterocycles. The molecule has 0 spiro atoms. The minimum absolute atomic E-state index is 0.0948. The molecule has 0 radical (unpaired) electrons. The zero-order valence-electron chi connectivity index (χ0n) is 17.1. The minimum Gasteiger partial charge on any atom is -0.310 e. The van der Waals surface area contributed by atoms with Crippen molar-refractivity contribution in [3.63, 3.8) is 0 Å². The van der Waals surface area contributed by atoms with E-state index in [1.807, 2.05) is 38.1 Å². The first-order chi connectivity index (χ1) is 14.5. The van der Waals surface area contributed by atoms with Gasteiger partial charge in [-0.25, -0.2) is 4.68 Å². The quantitative estimate of drug-likeness (QED) is 0.505. The van der Waals surface area contributed by atoms with Crippen molar-refractivity contribution in [1.82, 2.24) is 24.5 Å². The van der Waals surface area contributed by atoms with E-state index in [1.165, 1.54) is 24.6 Å². The summed E-state index contributed by atoms with van der Waals surface area (Å²) in [5.41, 5.74) is 0.871. The lowest BCUT2D eigenvalue weighted by Gasteiger charge is -2.17. The number of nitrogens with one attached hydrogen (secondary N) is 1. The largest absolute Gasteiger partial charge is 0.310 e. The van der Waals surface area contributed by atoms with Crippen LogP contribution < -0.4 is 5.32 Å². The smallest absolute Gasteiger partial charge is 0.235 e. The predicted octanol–water partition coefficient (Wildman–Crippen LogP) is 5.22. The van der Waals surface area contributed by atoms with Crippen LogP contribution in [0.25, 0.3) is 11.4 Å². The fraction of sp³-hybridized carbons (Fsp3) is 0.429. The summed E-state index contributed by atoms with van der Waals surface area (Å²) in [5.74, 6) is 1.62. The maximum Gasteiger partial charge on any atom is 0.235 e. The Morgan fingerprint density at radius 2 is 2.00 bits per heavy atom. The van der Waals surface area contributed by atoms with Crippen molar-refractivity contribution in [3.8, 4) is 11.4 Å². The molecule has 158 valence electrons. The van der Waals surface area contributed by atoms with Crippen LogP contribution in [0.2, 0.25) is 5.02 Å². The number of aromatic nitrogens is 5. The number of hydrogen-bond acceptors (Lipinski definition) is 5. The average Bonchev–Trinajstić information content (AvgIpc) is 3.47. The van der Waals surface area contributed by atoms with Gasteiger partial charge < -0.3 is 5.32 Å². The molecule has 2 aromatic heterocycles. The monoisotopic (exact) mass is 444 g/mol. The molecule has 2 heterocycles. The number of halogens is 1. The standard InChI is InChI=1S/C21H25ClN6OS/c1-14(2)28-18(11-12-23-28)24-19(29)13-30-21-26-25-20(16-9-5-6-10-17(16)22)27(21)15-7-3-4-8-15/h5-6,9-12,14-15H,3-4,7-8,13H2,1-2H3,(H,24,29). The van der Waals surface area contributed by atoms with Gasteiger partial charge in [-0.1, -0.05) is 48.3 Å². The number of carbonyl (C=O) groups is 1. The molecule has 3 aromatic rings. The number of amides is 1. The molecule has 1 aromatic carbocycles. The van der Waals surface area contributed by atoms with Crippen molar-refractivity contribution in [1.29, 1.82) is 0 Å². The van der Waals surface area contributed by atoms with Gasteiger partial charge in [0.15, 0.2) is 11.0 Å². The summed E-state index contributed by atoms with van der Waals surface area (Å²) < 4.78 is 3.96. The van der Waals surface area contributed by atoms with Gasteiger partial charge in [0, 0.05) is 23.7 Å². The molecular formula is C21H25ClN6OS. The number of thioether (sulfide) groups is 1. The van der Waals surface area contributed by atoms with E-state index in [4.69, 9.17) is 11.6 Å². The lowest BCUT2D eigenvalue weighted by atomic mass is 10.2. The molecule has 0 aliphatic heterocycles. The van der Waals surface area contributed by atoms with E-state index in [0.29, 0.717) is 16.9 Å². The first kappa shape index (κ1) is 20.9. The summed E-state index contributed by atoms with van der Waals surface area (Å²) in [5, 5.41) is 17.5. The SMILES string of the molecule is CC(C)n1nccc1NC(=O)CSc1nnc(-c2ccccc2Cl)n1C1CCCC1. The summed E-state index contributed by atoms with van der Waals surface area (Å²) in [6.07, 6.45) is 6.24. The van der Waals surface area contributed by atoms with Crippen molar-refractivity contribution in [2.45, 2.75) is 56.8 Å². The van der Waals surface area contributed by atoms with Gasteiger partial charge in [-0.2, -0.15) is 5.10 Å². The van der Waals surface area contributed by atoms with Crippen LogP contribution in [0.1, 0.15) is 51.6 Å². The predicted molar refractivity (Wildman–Crippen MR) is 120 cm³/mol. The summed E-state index contributed by atoms with van der Waals surface area (Å²) in [6, 6.07) is 10.00. The fourth-order valence-corrected chi connectivity index (χ4v) is 4.85. The minimum atomic E-state index is -0.0948. The maximum atomic E-state index is 12.6. The molecule has 1 fully saturated rings. The number of hydrogen-bond donors (Lipinski definition) is 1. The van der Waals surface area contributed by atoms with Crippen molar-refractivity contribution in [2.75, 3.05) is 11.1 Å². The molecule has 1 aliphatic rings. The number of carbonyl (C=O) groups excluding carboxylic acids is 1. The third-order valence-corrected chi connectivity index (χ3v) is 6.50. The van der Waals surface area contributed by atoms with Crippen molar-refractivity contribution < 1.29 is 4.79 Å². The Morgan fingerprint density at radius 1 is 1.23 bits per heavy atom. The van der Waals surface area contributed by atoms with Crippen LogP contribution in [0, 0.1) is 0 Å². The van der Waals surface area contributed by atoms with Gasteiger partial charge in [-0.15, -0.1) is 10.2 Å². The van der Waals surface area contributed by atoms with Gasteiger partial charge in [-0.05, 0) is 38.8 Å². The Hall–Kier alpha value is -2.32. The van der Waals surface area contributed by atoms with Crippen LogP contribution >= 0.6 is 23.4 Å². The normalized spacial score (nSPS) is 14.5. The molecule has 1 amide bonds. The van der Waals surface area contributed by atoms with Gasteiger partial charge in [-0.3, -0.25) is 9.36 Å². The van der Waals surface area contributed by atoms with Crippen molar-refractivity contribution in [2.24, 2.45) is 0 Å². The maximum absolute atomic E-state index is 12.6. The van der Waals surface area contributed by atoms with Gasteiger partial charge in [0.25, 0.3) is 0 Å². The van der Waals surface area contributed by atoms with Crippen molar-refractivity contribution in [3.05, 3.63) is 41.6 Å². The highest BCUT2D eigenvalue weighted by Gasteiger charge is 2.26. The first-order valence-electron chi connectivity index (χ1n) is 10.2. The van der Waals surface area contributed by atoms with E-state index in [0.717, 1.165) is 29.4 Å². The molecule has 4 rings (SSSR count). The Kier molecular flexibility index (Phi) is 6.43. The Labute approximate surface area is 185 Å². The summed E-state index contributed by atoms with van der Waals surface area (Å²) in [6.45, 7) is 4.05. The highest BCUT2D eigenvalue weighted by Crippen LogP contribution is 2.38. The summed E-state index contributed by atoms with van der Waals surface area (Å²) >= 11 is 7.84. The van der Waals surface area contributed by atoms with Crippen LogP contribution in [0.4, 0.5) is 5.82 Å². The number of nitrogens with zero attached hydrogens (tertiary/aromatic N) is 5. The van der Waals surface area contributed by atoms with Crippen LogP contribution in [0.15, 0.2) is 41.7 Å².